The van der Waals surface area contributed by atoms with Crippen molar-refractivity contribution in [1.29, 1.82) is 0 Å². The molecule has 0 aliphatic heterocycles. The van der Waals surface area contributed by atoms with Gasteiger partial charge in [0.05, 0.1) is 11.9 Å². The SMILES string of the molecule is CSC(C)Cc1ccccn1.O=C([O-])C(=O)[O-].[Pt+2]. The number of aromatic nitrogens is 1. The molecule has 0 saturated heterocycles. The van der Waals surface area contributed by atoms with E-state index in [1.54, 1.807) is 0 Å². The van der Waals surface area contributed by atoms with Crippen LogP contribution >= 0.6 is 11.8 Å². The van der Waals surface area contributed by atoms with E-state index in [4.69, 9.17) is 19.8 Å². The number of aliphatic carboxylic acids is 2. The van der Waals surface area contributed by atoms with Gasteiger partial charge in [-0.1, -0.05) is 13.0 Å². The van der Waals surface area contributed by atoms with Crippen LogP contribution in [0.2, 0.25) is 0 Å². The third kappa shape index (κ3) is 10.3. The number of carboxylic acid groups (broad SMARTS) is 2. The van der Waals surface area contributed by atoms with E-state index in [2.05, 4.69) is 24.2 Å². The van der Waals surface area contributed by atoms with Crippen LogP contribution in [0.5, 0.6) is 0 Å². The minimum Gasteiger partial charge on any atom is -0.543 e. The molecule has 0 aliphatic carbocycles. The van der Waals surface area contributed by atoms with Gasteiger partial charge in [-0.2, -0.15) is 11.8 Å². The van der Waals surface area contributed by atoms with Crippen LogP contribution in [-0.2, 0) is 37.1 Å². The van der Waals surface area contributed by atoms with Crippen molar-refractivity contribution in [2.75, 3.05) is 6.26 Å². The van der Waals surface area contributed by atoms with E-state index in [0.29, 0.717) is 5.25 Å². The molecule has 18 heavy (non-hydrogen) atoms. The monoisotopic (exact) mass is 450 g/mol. The molecule has 0 radical (unpaired) electrons. The van der Waals surface area contributed by atoms with Crippen LogP contribution in [0, 0.1) is 0 Å². The van der Waals surface area contributed by atoms with E-state index < -0.39 is 11.9 Å². The molecule has 0 amide bonds. The molecule has 1 aromatic heterocycles. The van der Waals surface area contributed by atoms with E-state index in [0.717, 1.165) is 6.42 Å². The Hall–Kier alpha value is -0.872. The zero-order valence-corrected chi connectivity index (χ0v) is 13.0. The molecule has 0 aromatic carbocycles. The van der Waals surface area contributed by atoms with Gasteiger partial charge in [0.15, 0.2) is 0 Å². The normalized spacial score (nSPS) is 10.3. The van der Waals surface area contributed by atoms with Crippen LogP contribution in [-0.4, -0.2) is 28.4 Å². The van der Waals surface area contributed by atoms with Crippen LogP contribution in [0.1, 0.15) is 12.6 Å². The fourth-order valence-corrected chi connectivity index (χ4v) is 1.23. The van der Waals surface area contributed by atoms with E-state index in [-0.39, 0.29) is 21.1 Å². The molecule has 0 spiro atoms. The molecular formula is C11H13NO4PtS. The number of hydrogen-bond acceptors (Lipinski definition) is 6. The van der Waals surface area contributed by atoms with Gasteiger partial charge >= 0.3 is 21.1 Å². The molecule has 5 nitrogen and oxygen atoms in total. The Bertz CT molecular complexity index is 349. The maximum absolute atomic E-state index is 8.93. The first-order valence-corrected chi connectivity index (χ1v) is 6.11. The van der Waals surface area contributed by atoms with Crippen molar-refractivity contribution in [3.8, 4) is 0 Å². The summed E-state index contributed by atoms with van der Waals surface area (Å²) in [5.41, 5.74) is 1.19. The number of rotatable bonds is 3. The van der Waals surface area contributed by atoms with E-state index in [1.807, 2.05) is 30.1 Å². The molecule has 1 unspecified atom stereocenters. The van der Waals surface area contributed by atoms with E-state index in [9.17, 15) is 0 Å². The maximum Gasteiger partial charge on any atom is 2.00 e. The Kier molecular flexibility index (Phi) is 12.1. The fourth-order valence-electron chi connectivity index (χ4n) is 0.897. The summed E-state index contributed by atoms with van der Waals surface area (Å²) < 4.78 is 0. The zero-order valence-electron chi connectivity index (χ0n) is 9.90. The van der Waals surface area contributed by atoms with Gasteiger partial charge < -0.3 is 19.8 Å². The van der Waals surface area contributed by atoms with Gasteiger partial charge in [0, 0.05) is 23.6 Å². The number of carboxylic acids is 2. The van der Waals surface area contributed by atoms with Gasteiger partial charge in [0.1, 0.15) is 0 Å². The van der Waals surface area contributed by atoms with E-state index >= 15 is 0 Å². The second-order valence-corrected chi connectivity index (χ2v) is 4.42. The second kappa shape index (κ2) is 11.2. The van der Waals surface area contributed by atoms with Crippen molar-refractivity contribution in [2.24, 2.45) is 0 Å². The summed E-state index contributed by atoms with van der Waals surface area (Å²) in [7, 11) is 0. The van der Waals surface area contributed by atoms with E-state index in [1.165, 1.54) is 5.69 Å². The molecule has 1 heterocycles. The summed E-state index contributed by atoms with van der Waals surface area (Å²) in [5, 5.41) is 18.5. The van der Waals surface area contributed by atoms with Gasteiger partial charge in [-0.25, -0.2) is 0 Å². The maximum atomic E-state index is 8.93. The number of carbonyl (C=O) groups is 2. The fraction of sp³-hybridized carbons (Fsp3) is 0.364. The van der Waals surface area contributed by atoms with Gasteiger partial charge in [-0.3, -0.25) is 4.98 Å². The van der Waals surface area contributed by atoms with Crippen LogP contribution in [0.3, 0.4) is 0 Å². The summed E-state index contributed by atoms with van der Waals surface area (Å²) in [6, 6.07) is 6.06. The number of carbonyl (C=O) groups excluding carboxylic acids is 2. The predicted molar refractivity (Wildman–Crippen MR) is 60.9 cm³/mol. The third-order valence-corrected chi connectivity index (χ3v) is 2.76. The average molecular weight is 450 g/mol. The van der Waals surface area contributed by atoms with Crippen LogP contribution in [0.15, 0.2) is 24.4 Å². The predicted octanol–water partition coefficient (Wildman–Crippen LogP) is -1.14. The van der Waals surface area contributed by atoms with Crippen molar-refractivity contribution >= 4 is 23.7 Å². The molecule has 0 bridgehead atoms. The van der Waals surface area contributed by atoms with Gasteiger partial charge in [-0.15, -0.1) is 0 Å². The molecule has 0 N–H and O–H groups in total. The standard InChI is InChI=1S/C9H13NS.C2H2O4.Pt/c1-8(11-2)7-9-5-3-4-6-10-9;3-1(4)2(5)6;/h3-6,8H,7H2,1-2H3;(H,3,4)(H,5,6);/q;;+2/p-2. The smallest absolute Gasteiger partial charge is 0.543 e. The minimum atomic E-state index is -2.19. The molecule has 1 rings (SSSR count). The topological polar surface area (TPSA) is 93.2 Å². The molecule has 0 fully saturated rings. The van der Waals surface area contributed by atoms with Gasteiger partial charge in [0.2, 0.25) is 0 Å². The van der Waals surface area contributed by atoms with Crippen molar-refractivity contribution in [1.82, 2.24) is 4.98 Å². The first-order valence-electron chi connectivity index (χ1n) is 4.82. The summed E-state index contributed by atoms with van der Waals surface area (Å²) >= 11 is 1.88. The molecular weight excluding hydrogens is 437 g/mol. The summed E-state index contributed by atoms with van der Waals surface area (Å²) in [6.07, 6.45) is 5.05. The minimum absolute atomic E-state index is 0. The molecule has 0 saturated carbocycles. The largest absolute Gasteiger partial charge is 2.00 e. The van der Waals surface area contributed by atoms with Crippen molar-refractivity contribution in [2.45, 2.75) is 18.6 Å². The number of nitrogens with zero attached hydrogens (tertiary/aromatic N) is 1. The van der Waals surface area contributed by atoms with Crippen molar-refractivity contribution in [3.63, 3.8) is 0 Å². The van der Waals surface area contributed by atoms with Crippen molar-refractivity contribution < 1.29 is 40.9 Å². The summed E-state index contributed by atoms with van der Waals surface area (Å²) in [6.45, 7) is 2.22. The quantitative estimate of drug-likeness (QED) is 0.541. The van der Waals surface area contributed by atoms with Crippen LogP contribution in [0.4, 0.5) is 0 Å². The molecule has 1 atom stereocenters. The molecule has 1 aromatic rings. The van der Waals surface area contributed by atoms with Gasteiger partial charge in [-0.05, 0) is 18.4 Å². The third-order valence-electron chi connectivity index (χ3n) is 1.79. The first kappa shape index (κ1) is 19.5. The second-order valence-electron chi connectivity index (χ2n) is 3.15. The summed E-state index contributed by atoms with van der Waals surface area (Å²) in [5.74, 6) is -4.37. The Morgan fingerprint density at radius 2 is 1.89 bits per heavy atom. The van der Waals surface area contributed by atoms with Crippen LogP contribution < -0.4 is 10.2 Å². The zero-order chi connectivity index (χ0) is 13.3. The number of hydrogen-bond donors (Lipinski definition) is 0. The molecule has 7 heteroatoms. The Balaban J connectivity index is 0. The number of pyridine rings is 1. The van der Waals surface area contributed by atoms with Crippen molar-refractivity contribution in [3.05, 3.63) is 30.1 Å². The average Bonchev–Trinajstić information content (AvgIpc) is 2.31. The first-order chi connectivity index (χ1) is 7.97. The molecule has 0 aliphatic rings. The Morgan fingerprint density at radius 1 is 1.33 bits per heavy atom. The van der Waals surface area contributed by atoms with Gasteiger partial charge in [0.25, 0.3) is 0 Å². The van der Waals surface area contributed by atoms with Crippen LogP contribution in [0.25, 0.3) is 0 Å². The molecule has 102 valence electrons. The number of thioether (sulfide) groups is 1. The Labute approximate surface area is 124 Å². The Morgan fingerprint density at radius 3 is 2.22 bits per heavy atom. The summed E-state index contributed by atoms with van der Waals surface area (Å²) in [4.78, 5) is 22.1.